The maximum absolute atomic E-state index is 9.98. The normalized spacial score (nSPS) is 22.7. The number of rotatable bonds is 3. The Morgan fingerprint density at radius 3 is 2.90 bits per heavy atom. The van der Waals surface area contributed by atoms with Gasteiger partial charge in [-0.1, -0.05) is 12.8 Å². The van der Waals surface area contributed by atoms with Crippen LogP contribution in [0.3, 0.4) is 0 Å². The number of fused-ring (bicyclic) bond motifs is 1. The SMILES string of the molecule is COc1ccc2nc(N[C@@H]3CCCC[C@H]3O)cnc2c1. The molecule has 2 atom stereocenters. The molecular weight excluding hydrogens is 254 g/mol. The van der Waals surface area contributed by atoms with Crippen LogP contribution in [-0.4, -0.2) is 34.3 Å². The van der Waals surface area contributed by atoms with Crippen molar-refractivity contribution in [2.75, 3.05) is 12.4 Å². The van der Waals surface area contributed by atoms with Crippen molar-refractivity contribution < 1.29 is 9.84 Å². The number of ether oxygens (including phenoxy) is 1. The second kappa shape index (κ2) is 5.63. The molecule has 106 valence electrons. The van der Waals surface area contributed by atoms with Gasteiger partial charge in [-0.2, -0.15) is 0 Å². The summed E-state index contributed by atoms with van der Waals surface area (Å²) in [6.07, 6.45) is 5.50. The Balaban J connectivity index is 1.81. The summed E-state index contributed by atoms with van der Waals surface area (Å²) >= 11 is 0. The monoisotopic (exact) mass is 273 g/mol. The van der Waals surface area contributed by atoms with Crippen LogP contribution in [0.25, 0.3) is 11.0 Å². The number of benzene rings is 1. The van der Waals surface area contributed by atoms with Crippen LogP contribution in [-0.2, 0) is 0 Å². The number of aromatic nitrogens is 2. The van der Waals surface area contributed by atoms with Gasteiger partial charge in [0.25, 0.3) is 0 Å². The molecule has 2 N–H and O–H groups in total. The highest BCUT2D eigenvalue weighted by atomic mass is 16.5. The zero-order valence-electron chi connectivity index (χ0n) is 11.5. The molecule has 0 radical (unpaired) electrons. The molecule has 0 aliphatic heterocycles. The predicted molar refractivity (Wildman–Crippen MR) is 78.0 cm³/mol. The predicted octanol–water partition coefficient (Wildman–Crippen LogP) is 2.35. The Morgan fingerprint density at radius 2 is 2.10 bits per heavy atom. The van der Waals surface area contributed by atoms with Crippen molar-refractivity contribution in [1.29, 1.82) is 0 Å². The van der Waals surface area contributed by atoms with Crippen molar-refractivity contribution in [3.05, 3.63) is 24.4 Å². The lowest BCUT2D eigenvalue weighted by Gasteiger charge is -2.28. The van der Waals surface area contributed by atoms with Gasteiger partial charge in [-0.05, 0) is 25.0 Å². The van der Waals surface area contributed by atoms with Gasteiger partial charge in [0.15, 0.2) is 0 Å². The standard InChI is InChI=1S/C15H19N3O2/c1-20-10-6-7-11-13(8-10)16-9-15(17-11)18-12-4-2-3-5-14(12)19/h6-9,12,14,19H,2-5H2,1H3,(H,17,18)/t12-,14-/m1/s1. The molecular formula is C15H19N3O2. The van der Waals surface area contributed by atoms with Gasteiger partial charge >= 0.3 is 0 Å². The fourth-order valence-corrected chi connectivity index (χ4v) is 2.66. The first kappa shape index (κ1) is 13.1. The lowest BCUT2D eigenvalue weighted by atomic mass is 9.93. The van der Waals surface area contributed by atoms with Crippen LogP contribution < -0.4 is 10.1 Å². The largest absolute Gasteiger partial charge is 0.497 e. The zero-order chi connectivity index (χ0) is 13.9. The number of hydrogen-bond donors (Lipinski definition) is 2. The van der Waals surface area contributed by atoms with Crippen molar-refractivity contribution in [2.24, 2.45) is 0 Å². The van der Waals surface area contributed by atoms with Crippen LogP contribution in [0.15, 0.2) is 24.4 Å². The van der Waals surface area contributed by atoms with Crippen molar-refractivity contribution in [3.8, 4) is 5.75 Å². The number of nitrogens with one attached hydrogen (secondary N) is 1. The molecule has 0 amide bonds. The second-order valence-electron chi connectivity index (χ2n) is 5.21. The van der Waals surface area contributed by atoms with Gasteiger partial charge in [-0.3, -0.25) is 4.98 Å². The smallest absolute Gasteiger partial charge is 0.145 e. The van der Waals surface area contributed by atoms with Gasteiger partial charge in [0.2, 0.25) is 0 Å². The maximum atomic E-state index is 9.98. The summed E-state index contributed by atoms with van der Waals surface area (Å²) in [4.78, 5) is 8.93. The van der Waals surface area contributed by atoms with Crippen LogP contribution in [0.5, 0.6) is 5.75 Å². The number of hydrogen-bond acceptors (Lipinski definition) is 5. The van der Waals surface area contributed by atoms with Gasteiger partial charge in [0.1, 0.15) is 11.6 Å². The van der Waals surface area contributed by atoms with Crippen molar-refractivity contribution in [2.45, 2.75) is 37.8 Å². The van der Waals surface area contributed by atoms with Crippen LogP contribution in [0.2, 0.25) is 0 Å². The highest BCUT2D eigenvalue weighted by Gasteiger charge is 2.23. The molecule has 20 heavy (non-hydrogen) atoms. The third-order valence-electron chi connectivity index (χ3n) is 3.81. The Morgan fingerprint density at radius 1 is 1.25 bits per heavy atom. The van der Waals surface area contributed by atoms with E-state index in [-0.39, 0.29) is 12.1 Å². The number of aliphatic hydroxyl groups excluding tert-OH is 1. The molecule has 1 heterocycles. The van der Waals surface area contributed by atoms with E-state index >= 15 is 0 Å². The van der Waals surface area contributed by atoms with E-state index < -0.39 is 0 Å². The highest BCUT2D eigenvalue weighted by Crippen LogP contribution is 2.23. The van der Waals surface area contributed by atoms with E-state index in [0.29, 0.717) is 5.82 Å². The van der Waals surface area contributed by atoms with Crippen LogP contribution in [0.1, 0.15) is 25.7 Å². The molecule has 3 rings (SSSR count). The van der Waals surface area contributed by atoms with Crippen molar-refractivity contribution in [1.82, 2.24) is 9.97 Å². The Hall–Kier alpha value is -1.88. The summed E-state index contributed by atoms with van der Waals surface area (Å²) in [6.45, 7) is 0. The lowest BCUT2D eigenvalue weighted by molar-refractivity contribution is 0.116. The molecule has 1 aromatic carbocycles. The quantitative estimate of drug-likeness (QED) is 0.898. The van der Waals surface area contributed by atoms with Crippen LogP contribution in [0.4, 0.5) is 5.82 Å². The molecule has 5 heteroatoms. The third-order valence-corrected chi connectivity index (χ3v) is 3.81. The first-order valence-corrected chi connectivity index (χ1v) is 7.01. The van der Waals surface area contributed by atoms with E-state index in [1.807, 2.05) is 18.2 Å². The molecule has 1 aromatic heterocycles. The highest BCUT2D eigenvalue weighted by molar-refractivity contribution is 5.77. The Kier molecular flexibility index (Phi) is 3.69. The van der Waals surface area contributed by atoms with E-state index in [1.165, 1.54) is 0 Å². The fourth-order valence-electron chi connectivity index (χ4n) is 2.66. The molecule has 1 fully saturated rings. The Bertz CT molecular complexity index is 603. The zero-order valence-corrected chi connectivity index (χ0v) is 11.5. The third kappa shape index (κ3) is 2.67. The summed E-state index contributed by atoms with van der Waals surface area (Å²) in [5.74, 6) is 1.49. The van der Waals surface area contributed by atoms with Gasteiger partial charge in [-0.15, -0.1) is 0 Å². The number of methoxy groups -OCH3 is 1. The van der Waals surface area contributed by atoms with E-state index in [2.05, 4.69) is 15.3 Å². The summed E-state index contributed by atoms with van der Waals surface area (Å²) < 4.78 is 5.17. The molecule has 0 unspecified atom stereocenters. The maximum Gasteiger partial charge on any atom is 0.145 e. The van der Waals surface area contributed by atoms with Crippen molar-refractivity contribution >= 4 is 16.9 Å². The van der Waals surface area contributed by atoms with E-state index in [0.717, 1.165) is 42.5 Å². The summed E-state index contributed by atoms with van der Waals surface area (Å²) in [5, 5.41) is 13.3. The second-order valence-corrected chi connectivity index (χ2v) is 5.21. The molecule has 0 saturated heterocycles. The molecule has 1 saturated carbocycles. The van der Waals surface area contributed by atoms with Gasteiger partial charge in [0.05, 0.1) is 36.5 Å². The van der Waals surface area contributed by atoms with Crippen molar-refractivity contribution in [3.63, 3.8) is 0 Å². The topological polar surface area (TPSA) is 67.3 Å². The first-order chi connectivity index (χ1) is 9.76. The number of nitrogens with zero attached hydrogens (tertiary/aromatic N) is 2. The first-order valence-electron chi connectivity index (χ1n) is 7.01. The number of anilines is 1. The molecule has 1 aliphatic carbocycles. The van der Waals surface area contributed by atoms with E-state index in [9.17, 15) is 5.11 Å². The van der Waals surface area contributed by atoms with Gasteiger partial charge in [0, 0.05) is 6.07 Å². The average molecular weight is 273 g/mol. The van der Waals surface area contributed by atoms with Crippen LogP contribution >= 0.6 is 0 Å². The van der Waals surface area contributed by atoms with E-state index in [1.54, 1.807) is 13.3 Å². The molecule has 1 aliphatic rings. The minimum absolute atomic E-state index is 0.0775. The average Bonchev–Trinajstić information content (AvgIpc) is 2.49. The minimum Gasteiger partial charge on any atom is -0.497 e. The Labute approximate surface area is 118 Å². The minimum atomic E-state index is -0.294. The molecule has 2 aromatic rings. The molecule has 0 bridgehead atoms. The summed E-state index contributed by atoms with van der Waals surface area (Å²) in [6, 6.07) is 5.70. The van der Waals surface area contributed by atoms with Gasteiger partial charge < -0.3 is 15.2 Å². The lowest BCUT2D eigenvalue weighted by Crippen LogP contribution is -2.36. The molecule has 5 nitrogen and oxygen atoms in total. The fraction of sp³-hybridized carbons (Fsp3) is 0.467. The number of aliphatic hydroxyl groups is 1. The van der Waals surface area contributed by atoms with Gasteiger partial charge in [-0.25, -0.2) is 4.98 Å². The van der Waals surface area contributed by atoms with E-state index in [4.69, 9.17) is 4.74 Å². The van der Waals surface area contributed by atoms with Crippen LogP contribution in [0, 0.1) is 0 Å². The molecule has 0 spiro atoms. The summed E-state index contributed by atoms with van der Waals surface area (Å²) in [5.41, 5.74) is 1.63. The summed E-state index contributed by atoms with van der Waals surface area (Å²) in [7, 11) is 1.63.